The van der Waals surface area contributed by atoms with Gasteiger partial charge in [-0.1, -0.05) is 47.5 Å². The average Bonchev–Trinajstić information content (AvgIpc) is 0.789. The number of hydrogen-bond donors (Lipinski definition) is 17. The van der Waals surface area contributed by atoms with Crippen molar-refractivity contribution in [2.24, 2.45) is 0 Å². The molecule has 39 nitrogen and oxygen atoms in total. The van der Waals surface area contributed by atoms with Gasteiger partial charge in [0.25, 0.3) is 27.7 Å². The molecule has 0 aliphatic heterocycles. The summed E-state index contributed by atoms with van der Waals surface area (Å²) >= 11 is 0. The lowest BCUT2D eigenvalue weighted by atomic mass is 10.1. The van der Waals surface area contributed by atoms with E-state index in [-0.39, 0.29) is 152 Å². The molecule has 0 fully saturated rings. The van der Waals surface area contributed by atoms with Crippen LogP contribution in [-0.4, -0.2) is 199 Å². The molecule has 8 amide bonds. The average molecular weight is 1760 g/mol. The SMILES string of the molecule is Cc1cc(C)c(S(=O)(=O)NC(=CNC(=O)c2cn(CCCNC(=O)CCC(=O)NCCCOCCCNC(=O)C(=N)CCC(=O)NCCCOCCCNC(=O)CCC(=O)NCCCn3cc(C(=O)NC[C@H](NS(=O)(=O)c4c(C)cc(C)cc4C)C(=O)O)c(=O)c4ccc(CNc5ncc[nH]5)cc43)c3cc(CNc4ncc[nH]4)ccc3c2=O)C(=O)O)c(C)c1. The molecule has 0 aliphatic rings. The predicted molar refractivity (Wildman–Crippen MR) is 460 cm³/mol. The third kappa shape index (κ3) is 30.0. The fourth-order valence-corrected chi connectivity index (χ4v) is 16.6. The first kappa shape index (κ1) is 96.5. The molecule has 4 heterocycles. The van der Waals surface area contributed by atoms with E-state index in [2.05, 4.69) is 77.8 Å². The van der Waals surface area contributed by atoms with Crippen LogP contribution in [0.5, 0.6) is 0 Å². The van der Waals surface area contributed by atoms with Crippen molar-refractivity contribution >= 4 is 119 Å². The Morgan fingerprint density at radius 1 is 0.500 bits per heavy atom. The molecule has 0 unspecified atom stereocenters. The summed E-state index contributed by atoms with van der Waals surface area (Å²) in [5, 5.41) is 55.8. The number of H-pyrrole nitrogens is 2. The zero-order valence-electron chi connectivity index (χ0n) is 69.8. The maximum absolute atomic E-state index is 13.9. The Morgan fingerprint density at radius 2 is 0.887 bits per heavy atom. The molecule has 4 aromatic carbocycles. The summed E-state index contributed by atoms with van der Waals surface area (Å²) in [5.74, 6) is -6.66. The van der Waals surface area contributed by atoms with Crippen molar-refractivity contribution in [3.63, 3.8) is 0 Å². The Labute approximate surface area is 715 Å². The molecule has 0 saturated carbocycles. The van der Waals surface area contributed by atoms with Crippen LogP contribution in [0.1, 0.15) is 142 Å². The van der Waals surface area contributed by atoms with Crippen molar-refractivity contribution in [2.75, 3.05) is 82.9 Å². The van der Waals surface area contributed by atoms with Gasteiger partial charge in [0.05, 0.1) is 26.5 Å². The van der Waals surface area contributed by atoms with Crippen molar-refractivity contribution in [3.8, 4) is 0 Å². The zero-order valence-corrected chi connectivity index (χ0v) is 71.5. The highest BCUT2D eigenvalue weighted by Crippen LogP contribution is 2.25. The molecule has 17 N–H and O–H groups in total. The number of aliphatic carboxylic acids is 2. The first-order chi connectivity index (χ1) is 59.2. The second-order valence-electron chi connectivity index (χ2n) is 29.4. The number of anilines is 2. The molecule has 0 radical (unpaired) electrons. The van der Waals surface area contributed by atoms with Gasteiger partial charge in [-0.15, -0.1) is 0 Å². The summed E-state index contributed by atoms with van der Waals surface area (Å²) < 4.78 is 72.5. The maximum Gasteiger partial charge on any atom is 0.354 e. The molecule has 4 aromatic heterocycles. The number of pyridine rings is 2. The summed E-state index contributed by atoms with van der Waals surface area (Å²) in [6, 6.07) is 14.8. The van der Waals surface area contributed by atoms with Crippen LogP contribution in [0, 0.1) is 47.0 Å². The summed E-state index contributed by atoms with van der Waals surface area (Å²) in [7, 11) is -8.81. The molecular formula is C83H107N19O20S2. The number of sulfonamides is 2. The van der Waals surface area contributed by atoms with Gasteiger partial charge in [0.1, 0.15) is 17.2 Å². The monoisotopic (exact) mass is 1750 g/mol. The van der Waals surface area contributed by atoms with E-state index < -0.39 is 84.8 Å². The van der Waals surface area contributed by atoms with Crippen LogP contribution < -0.4 is 73.5 Å². The summed E-state index contributed by atoms with van der Waals surface area (Å²) in [4.78, 5) is 170. The zero-order chi connectivity index (χ0) is 90.0. The molecule has 41 heteroatoms. The Bertz CT molecular complexity index is 5530. The standard InChI is InChI=1S/C83H107N19O20S2/c1-51-39-53(3)75(54(4)40-51)123(117,118)99-64(80(113)114)47-95-77(110)61-49-101(66-43-57(13-15-59(66)73(61)108)45-97-82-91-29-30-92-82)33-7-23-85-69(104)19-21-71(106)88-26-10-36-121-35-9-25-87-68(103)18-17-63(84)79(112)90-28-12-38-122-37-11-27-89-72(107)22-20-70(105)86-24-8-34-102-50-62(74(109)60-16-14-58(44-67(60)102)46-98-83-93-31-32-94-83)78(111)96-48-65(81(115)116)100-124(119,120)76-55(5)41-52(2)42-56(76)6/h13-16,29-32,39-44,48-50,64,84,99-100H,7-12,17-28,33-38,45-47H2,1-6H3,(H,85,104)(H,86,105)(H,87,103)(H,88,106)(H,89,107)(H,90,112)(H,95,110)(H,96,111)(H,113,114)(H,115,116)(H2,91,92,97)(H2,93,94,98)/t64-/m0/s1. The number of aryl methyl sites for hydroxylation is 8. The molecule has 8 aromatic rings. The van der Waals surface area contributed by atoms with Gasteiger partial charge in [-0.2, -0.15) is 4.72 Å². The van der Waals surface area contributed by atoms with Crippen LogP contribution in [0.3, 0.4) is 0 Å². The Kier molecular flexibility index (Phi) is 36.9. The van der Waals surface area contributed by atoms with E-state index >= 15 is 0 Å². The highest BCUT2D eigenvalue weighted by Gasteiger charge is 2.31. The predicted octanol–water partition coefficient (Wildman–Crippen LogP) is 3.76. The second kappa shape index (κ2) is 47.4. The number of benzene rings is 4. The first-order valence-corrected chi connectivity index (χ1v) is 43.2. The normalized spacial score (nSPS) is 11.8. The van der Waals surface area contributed by atoms with E-state index in [0.29, 0.717) is 129 Å². The van der Waals surface area contributed by atoms with Crippen molar-refractivity contribution in [2.45, 2.75) is 161 Å². The Hall–Kier alpha value is -13.0. The molecule has 0 bridgehead atoms. The van der Waals surface area contributed by atoms with E-state index in [4.69, 9.17) is 14.9 Å². The van der Waals surface area contributed by atoms with Gasteiger partial charge in [-0.05, 0) is 138 Å². The topological polar surface area (TPSA) is 567 Å². The van der Waals surface area contributed by atoms with Crippen LogP contribution in [0.4, 0.5) is 11.9 Å². The molecule has 1 atom stereocenters. The number of nitrogens with one attached hydrogen (secondary N) is 15. The van der Waals surface area contributed by atoms with E-state index in [1.165, 1.54) is 12.4 Å². The molecule has 0 aliphatic carbocycles. The summed E-state index contributed by atoms with van der Waals surface area (Å²) in [5.41, 5.74) is 2.38. The van der Waals surface area contributed by atoms with Gasteiger partial charge in [0.15, 0.2) is 17.6 Å². The summed E-state index contributed by atoms with van der Waals surface area (Å²) in [6.45, 7) is 12.7. The Morgan fingerprint density at radius 3 is 1.28 bits per heavy atom. The number of aromatic amines is 2. The fraction of sp³-hybridized carbons (Fsp3) is 0.410. The number of ether oxygens (including phenoxy) is 2. The molecule has 8 rings (SSSR count). The van der Waals surface area contributed by atoms with Gasteiger partial charge in [-0.25, -0.2) is 31.6 Å². The minimum absolute atomic E-state index is 0.0780. The number of fused-ring (bicyclic) bond motifs is 2. The van der Waals surface area contributed by atoms with Crippen LogP contribution in [0.25, 0.3) is 21.8 Å². The molecule has 666 valence electrons. The largest absolute Gasteiger partial charge is 0.480 e. The third-order valence-electron chi connectivity index (χ3n) is 19.3. The van der Waals surface area contributed by atoms with Crippen LogP contribution >= 0.6 is 0 Å². The van der Waals surface area contributed by atoms with Crippen LogP contribution in [0.2, 0.25) is 0 Å². The van der Waals surface area contributed by atoms with Crippen molar-refractivity contribution in [3.05, 3.63) is 186 Å². The molecule has 0 saturated heterocycles. The Balaban J connectivity index is 0.634. The number of imidazole rings is 2. The van der Waals surface area contributed by atoms with Crippen molar-refractivity contribution < 1.29 is 84.5 Å². The number of carbonyl (C=O) groups excluding carboxylic acids is 8. The van der Waals surface area contributed by atoms with Gasteiger partial charge in [0, 0.05) is 191 Å². The highest BCUT2D eigenvalue weighted by atomic mass is 32.2. The number of nitrogens with zero attached hydrogens (tertiary/aromatic N) is 4. The number of hydrogen-bond acceptors (Lipinski definition) is 23. The molecule has 124 heavy (non-hydrogen) atoms. The number of carboxylic acid groups (broad SMARTS) is 2. The third-order valence-corrected chi connectivity index (χ3v) is 22.7. The lowest BCUT2D eigenvalue weighted by Gasteiger charge is -2.19. The van der Waals surface area contributed by atoms with Gasteiger partial charge in [-0.3, -0.25) is 62.9 Å². The molecule has 0 spiro atoms. The lowest BCUT2D eigenvalue weighted by Crippen LogP contribution is -2.49. The number of carboxylic acids is 2. The van der Waals surface area contributed by atoms with Gasteiger partial charge < -0.3 is 92.0 Å². The van der Waals surface area contributed by atoms with E-state index in [9.17, 15) is 84.6 Å². The van der Waals surface area contributed by atoms with E-state index in [1.807, 2.05) is 4.72 Å². The lowest BCUT2D eigenvalue weighted by molar-refractivity contribution is -0.139. The highest BCUT2D eigenvalue weighted by molar-refractivity contribution is 7.90. The van der Waals surface area contributed by atoms with E-state index in [1.54, 1.807) is 136 Å². The minimum Gasteiger partial charge on any atom is -0.480 e. The summed E-state index contributed by atoms with van der Waals surface area (Å²) in [6.07, 6.45) is 11.6. The van der Waals surface area contributed by atoms with E-state index in [0.717, 1.165) is 22.3 Å². The maximum atomic E-state index is 13.9. The minimum atomic E-state index is -4.44. The smallest absolute Gasteiger partial charge is 0.354 e. The van der Waals surface area contributed by atoms with Crippen LogP contribution in [0.15, 0.2) is 129 Å². The number of rotatable bonds is 53. The van der Waals surface area contributed by atoms with Crippen molar-refractivity contribution in [1.82, 2.24) is 81.0 Å². The molecular weight excluding hydrogens is 1650 g/mol. The number of carbonyl (C=O) groups is 10. The number of aromatic nitrogens is 6. The fourth-order valence-electron chi connectivity index (χ4n) is 13.4. The van der Waals surface area contributed by atoms with Crippen molar-refractivity contribution in [1.29, 1.82) is 5.41 Å². The van der Waals surface area contributed by atoms with Gasteiger partial charge >= 0.3 is 11.9 Å². The quantitative estimate of drug-likeness (QED) is 0.0147. The van der Waals surface area contributed by atoms with Crippen LogP contribution in [-0.2, 0) is 94.1 Å². The first-order valence-electron chi connectivity index (χ1n) is 40.3. The van der Waals surface area contributed by atoms with Gasteiger partial charge in [0.2, 0.25) is 50.4 Å². The number of amides is 8. The second-order valence-corrected chi connectivity index (χ2v) is 32.6.